The summed E-state index contributed by atoms with van der Waals surface area (Å²) in [6.45, 7) is 2.30. The first-order valence-corrected chi connectivity index (χ1v) is 8.95. The Hall–Kier alpha value is -2.38. The molecule has 7 heteroatoms. The molecule has 24 heavy (non-hydrogen) atoms. The second-order valence-corrected chi connectivity index (χ2v) is 7.40. The fourth-order valence-electron chi connectivity index (χ4n) is 2.20. The molecule has 0 fully saturated rings. The Morgan fingerprint density at radius 2 is 1.88 bits per heavy atom. The maximum atomic E-state index is 12.5. The van der Waals surface area contributed by atoms with E-state index in [2.05, 4.69) is 5.32 Å². The monoisotopic (exact) mass is 348 g/mol. The van der Waals surface area contributed by atoms with Gasteiger partial charge in [0.15, 0.2) is 0 Å². The van der Waals surface area contributed by atoms with Crippen LogP contribution in [0.5, 0.6) is 5.75 Å². The lowest BCUT2D eigenvalue weighted by molar-refractivity contribution is 0.102. The average Bonchev–Trinajstić information content (AvgIpc) is 2.55. The predicted octanol–water partition coefficient (Wildman–Crippen LogP) is 2.68. The number of amides is 1. The molecule has 2 aromatic carbocycles. The molecule has 0 aliphatic heterocycles. The number of aromatic hydroxyl groups is 1. The van der Waals surface area contributed by atoms with Crippen LogP contribution in [0, 0.1) is 0 Å². The second-order valence-electron chi connectivity index (χ2n) is 5.36. The molecule has 6 nitrogen and oxygen atoms in total. The van der Waals surface area contributed by atoms with Gasteiger partial charge < -0.3 is 10.4 Å². The Morgan fingerprint density at radius 1 is 1.17 bits per heavy atom. The quantitative estimate of drug-likeness (QED) is 0.840. The fraction of sp³-hybridized carbons (Fsp3) is 0.235. The van der Waals surface area contributed by atoms with Crippen LogP contribution in [0.15, 0.2) is 53.4 Å². The third kappa shape index (κ3) is 4.12. The van der Waals surface area contributed by atoms with E-state index in [1.165, 1.54) is 47.8 Å². The van der Waals surface area contributed by atoms with Crippen molar-refractivity contribution in [3.05, 3.63) is 54.1 Å². The molecule has 0 aliphatic rings. The van der Waals surface area contributed by atoms with E-state index in [1.54, 1.807) is 12.1 Å². The lowest BCUT2D eigenvalue weighted by Gasteiger charge is -2.16. The van der Waals surface area contributed by atoms with Gasteiger partial charge in [-0.1, -0.05) is 19.1 Å². The lowest BCUT2D eigenvalue weighted by atomic mass is 10.2. The summed E-state index contributed by atoms with van der Waals surface area (Å²) < 4.78 is 26.2. The minimum Gasteiger partial charge on any atom is -0.508 e. The summed E-state index contributed by atoms with van der Waals surface area (Å²) in [5.74, 6) is -0.416. The number of hydrogen-bond acceptors (Lipinski definition) is 4. The number of rotatable bonds is 6. The lowest BCUT2D eigenvalue weighted by Crippen LogP contribution is -2.27. The maximum Gasteiger partial charge on any atom is 0.255 e. The Kier molecular flexibility index (Phi) is 5.58. The smallest absolute Gasteiger partial charge is 0.255 e. The van der Waals surface area contributed by atoms with Gasteiger partial charge in [-0.05, 0) is 36.8 Å². The molecule has 2 N–H and O–H groups in total. The predicted molar refractivity (Wildman–Crippen MR) is 92.6 cm³/mol. The van der Waals surface area contributed by atoms with Crippen molar-refractivity contribution in [1.29, 1.82) is 0 Å². The summed E-state index contributed by atoms with van der Waals surface area (Å²) in [5.41, 5.74) is 0.653. The summed E-state index contributed by atoms with van der Waals surface area (Å²) in [6, 6.07) is 12.0. The van der Waals surface area contributed by atoms with Crippen LogP contribution in [0.1, 0.15) is 23.7 Å². The van der Waals surface area contributed by atoms with Gasteiger partial charge >= 0.3 is 0 Å². The fourth-order valence-corrected chi connectivity index (χ4v) is 3.51. The van der Waals surface area contributed by atoms with Crippen molar-refractivity contribution in [3.63, 3.8) is 0 Å². The molecular formula is C17H20N2O4S. The third-order valence-electron chi connectivity index (χ3n) is 3.45. The highest BCUT2D eigenvalue weighted by Gasteiger charge is 2.21. The van der Waals surface area contributed by atoms with Gasteiger partial charge in [0.25, 0.3) is 5.91 Å². The summed E-state index contributed by atoms with van der Waals surface area (Å²) in [4.78, 5) is 12.4. The third-order valence-corrected chi connectivity index (χ3v) is 5.30. The summed E-state index contributed by atoms with van der Waals surface area (Å²) in [5, 5.41) is 12.0. The Morgan fingerprint density at radius 3 is 2.54 bits per heavy atom. The zero-order chi connectivity index (χ0) is 17.7. The molecule has 0 atom stereocenters. The van der Waals surface area contributed by atoms with Crippen molar-refractivity contribution in [2.45, 2.75) is 18.2 Å². The molecule has 0 aliphatic carbocycles. The first kappa shape index (κ1) is 18.0. The molecule has 0 spiro atoms. The first-order chi connectivity index (χ1) is 11.3. The molecule has 0 unspecified atom stereocenters. The number of phenols is 1. The minimum atomic E-state index is -3.62. The molecule has 2 rings (SSSR count). The topological polar surface area (TPSA) is 86.7 Å². The summed E-state index contributed by atoms with van der Waals surface area (Å²) in [7, 11) is -2.11. The van der Waals surface area contributed by atoms with E-state index in [0.29, 0.717) is 18.7 Å². The number of nitrogens with one attached hydrogen (secondary N) is 1. The van der Waals surface area contributed by atoms with Crippen molar-refractivity contribution in [2.75, 3.05) is 18.9 Å². The van der Waals surface area contributed by atoms with E-state index >= 15 is 0 Å². The average molecular weight is 348 g/mol. The molecule has 0 saturated carbocycles. The molecule has 128 valence electrons. The number of hydrogen-bond donors (Lipinski definition) is 2. The van der Waals surface area contributed by atoms with E-state index in [9.17, 15) is 18.3 Å². The van der Waals surface area contributed by atoms with E-state index in [0.717, 1.165) is 0 Å². The zero-order valence-electron chi connectivity index (χ0n) is 13.6. The Labute approximate surface area is 141 Å². The van der Waals surface area contributed by atoms with Gasteiger partial charge in [-0.3, -0.25) is 4.79 Å². The molecular weight excluding hydrogens is 328 g/mol. The van der Waals surface area contributed by atoms with Crippen LogP contribution < -0.4 is 5.32 Å². The van der Waals surface area contributed by atoms with Crippen LogP contribution in [-0.2, 0) is 10.0 Å². The highest BCUT2D eigenvalue weighted by molar-refractivity contribution is 7.89. The van der Waals surface area contributed by atoms with Gasteiger partial charge in [-0.25, -0.2) is 12.7 Å². The van der Waals surface area contributed by atoms with Crippen molar-refractivity contribution < 1.29 is 18.3 Å². The maximum absolute atomic E-state index is 12.5. The molecule has 2 aromatic rings. The number of carbonyl (C=O) groups excluding carboxylic acids is 1. The van der Waals surface area contributed by atoms with Gasteiger partial charge in [-0.2, -0.15) is 0 Å². The number of nitrogens with zero attached hydrogens (tertiary/aromatic N) is 1. The molecule has 0 heterocycles. The van der Waals surface area contributed by atoms with Crippen molar-refractivity contribution in [2.24, 2.45) is 0 Å². The van der Waals surface area contributed by atoms with Crippen molar-refractivity contribution in [3.8, 4) is 5.75 Å². The molecule has 0 radical (unpaired) electrons. The van der Waals surface area contributed by atoms with Crippen molar-refractivity contribution >= 4 is 21.6 Å². The van der Waals surface area contributed by atoms with E-state index in [-0.39, 0.29) is 16.2 Å². The minimum absolute atomic E-state index is 0.0327. The summed E-state index contributed by atoms with van der Waals surface area (Å²) in [6.07, 6.45) is 0.702. The van der Waals surface area contributed by atoms with Gasteiger partial charge in [0.2, 0.25) is 10.0 Å². The zero-order valence-corrected chi connectivity index (χ0v) is 14.4. The van der Waals surface area contributed by atoms with Crippen LogP contribution in [0.25, 0.3) is 0 Å². The SMILES string of the molecule is CCCN(C)S(=O)(=O)c1cccc(C(=O)Nc2cccc(O)c2)c1. The number of sulfonamides is 1. The highest BCUT2D eigenvalue weighted by atomic mass is 32.2. The summed E-state index contributed by atoms with van der Waals surface area (Å²) >= 11 is 0. The largest absolute Gasteiger partial charge is 0.508 e. The number of carbonyl (C=O) groups is 1. The van der Waals surface area contributed by atoms with Crippen LogP contribution >= 0.6 is 0 Å². The standard InChI is InChI=1S/C17H20N2O4S/c1-3-10-19(2)24(22,23)16-9-4-6-13(11-16)17(21)18-14-7-5-8-15(20)12-14/h4-9,11-12,20H,3,10H2,1-2H3,(H,18,21). The highest BCUT2D eigenvalue weighted by Crippen LogP contribution is 2.19. The van der Waals surface area contributed by atoms with Crippen molar-refractivity contribution in [1.82, 2.24) is 4.31 Å². The molecule has 0 bridgehead atoms. The van der Waals surface area contributed by atoms with Crippen LogP contribution in [0.2, 0.25) is 0 Å². The number of phenolic OH excluding ortho intramolecular Hbond substituents is 1. The normalized spacial score (nSPS) is 11.5. The Bertz CT molecular complexity index is 834. The number of benzene rings is 2. The van der Waals surface area contributed by atoms with Crippen LogP contribution in [0.3, 0.4) is 0 Å². The molecule has 0 aromatic heterocycles. The van der Waals surface area contributed by atoms with Crippen LogP contribution in [-0.4, -0.2) is 37.3 Å². The molecule has 1 amide bonds. The second kappa shape index (κ2) is 7.46. The number of anilines is 1. The Balaban J connectivity index is 2.25. The van der Waals surface area contributed by atoms with Gasteiger partial charge in [0.1, 0.15) is 5.75 Å². The van der Waals surface area contributed by atoms with Gasteiger partial charge in [0, 0.05) is 30.9 Å². The van der Waals surface area contributed by atoms with E-state index in [4.69, 9.17) is 0 Å². The van der Waals surface area contributed by atoms with Gasteiger partial charge in [-0.15, -0.1) is 0 Å². The van der Waals surface area contributed by atoms with Crippen LogP contribution in [0.4, 0.5) is 5.69 Å². The first-order valence-electron chi connectivity index (χ1n) is 7.51. The molecule has 0 saturated heterocycles. The van der Waals surface area contributed by atoms with Gasteiger partial charge in [0.05, 0.1) is 4.90 Å². The van der Waals surface area contributed by atoms with E-state index < -0.39 is 15.9 Å². The van der Waals surface area contributed by atoms with E-state index in [1.807, 2.05) is 6.92 Å².